The quantitative estimate of drug-likeness (QED) is 0.925. The van der Waals surface area contributed by atoms with E-state index < -0.39 is 10.7 Å². The van der Waals surface area contributed by atoms with Gasteiger partial charge in [0, 0.05) is 21.9 Å². The molecule has 1 aliphatic heterocycles. The fraction of sp³-hybridized carbons (Fsp3) is 0.462. The number of thioether (sulfide) groups is 1. The van der Waals surface area contributed by atoms with Gasteiger partial charge in [0.15, 0.2) is 6.79 Å². The molecule has 6 heteroatoms. The third kappa shape index (κ3) is 3.35. The lowest BCUT2D eigenvalue weighted by Crippen LogP contribution is -2.27. The first-order valence-electron chi connectivity index (χ1n) is 5.79. The zero-order chi connectivity index (χ0) is 14.0. The van der Waals surface area contributed by atoms with Gasteiger partial charge >= 0.3 is 5.97 Å². The molecule has 4 nitrogen and oxygen atoms in total. The maximum Gasteiger partial charge on any atom is 0.319 e. The molecule has 0 aromatic heterocycles. The number of rotatable bonds is 4. The number of halogens is 1. The van der Waals surface area contributed by atoms with Crippen molar-refractivity contribution in [3.05, 3.63) is 28.3 Å². The lowest BCUT2D eigenvalue weighted by Gasteiger charge is -2.23. The van der Waals surface area contributed by atoms with Crippen LogP contribution in [0, 0.1) is 0 Å². The molecule has 104 valence electrons. The van der Waals surface area contributed by atoms with E-state index in [1.54, 1.807) is 13.8 Å². The molecule has 1 aromatic rings. The van der Waals surface area contributed by atoms with E-state index >= 15 is 0 Å². The topological polar surface area (TPSA) is 55.8 Å². The highest BCUT2D eigenvalue weighted by atomic mass is 35.5. The van der Waals surface area contributed by atoms with Gasteiger partial charge in [-0.25, -0.2) is 0 Å². The molecule has 2 rings (SSSR count). The average molecular weight is 303 g/mol. The number of carboxylic acids is 1. The van der Waals surface area contributed by atoms with E-state index in [4.69, 9.17) is 26.2 Å². The largest absolute Gasteiger partial charge is 0.480 e. The molecule has 1 heterocycles. The number of fused-ring (bicyclic) bond motifs is 1. The van der Waals surface area contributed by atoms with Gasteiger partial charge in [0.1, 0.15) is 10.5 Å². The Morgan fingerprint density at radius 1 is 1.53 bits per heavy atom. The predicted molar refractivity (Wildman–Crippen MR) is 74.7 cm³/mol. The number of carbonyl (C=O) groups is 1. The summed E-state index contributed by atoms with van der Waals surface area (Å²) < 4.78 is 9.85. The van der Waals surface area contributed by atoms with Crippen molar-refractivity contribution in [2.75, 3.05) is 6.79 Å². The maximum atomic E-state index is 11.1. The minimum atomic E-state index is -0.847. The Balaban J connectivity index is 2.21. The van der Waals surface area contributed by atoms with Gasteiger partial charge in [-0.3, -0.25) is 4.79 Å². The van der Waals surface area contributed by atoms with E-state index in [1.165, 1.54) is 11.8 Å². The second-order valence-corrected chi connectivity index (χ2v) is 6.80. The zero-order valence-electron chi connectivity index (χ0n) is 10.7. The summed E-state index contributed by atoms with van der Waals surface area (Å²) >= 11 is 7.40. The molecule has 0 radical (unpaired) electrons. The van der Waals surface area contributed by atoms with Crippen LogP contribution in [0.4, 0.5) is 0 Å². The first kappa shape index (κ1) is 14.5. The van der Waals surface area contributed by atoms with Crippen LogP contribution in [0.15, 0.2) is 12.1 Å². The van der Waals surface area contributed by atoms with Crippen LogP contribution in [0.1, 0.15) is 25.0 Å². The molecule has 0 aliphatic carbocycles. The molecule has 1 N–H and O–H groups in total. The normalized spacial score (nSPS) is 14.7. The van der Waals surface area contributed by atoms with Crippen LogP contribution in [0.5, 0.6) is 5.75 Å². The number of hydrogen-bond donors (Lipinski definition) is 1. The average Bonchev–Trinajstić information content (AvgIpc) is 2.35. The fourth-order valence-corrected chi connectivity index (χ4v) is 2.80. The lowest BCUT2D eigenvalue weighted by molar-refractivity contribution is -0.138. The number of carboxylic acid groups (broad SMARTS) is 1. The Morgan fingerprint density at radius 3 is 2.95 bits per heavy atom. The summed E-state index contributed by atoms with van der Waals surface area (Å²) in [6.45, 7) is 4.05. The van der Waals surface area contributed by atoms with Crippen molar-refractivity contribution in [2.45, 2.75) is 31.0 Å². The SMILES string of the molecule is CC(C)(SCc1cc(Cl)cc2c1OCOC2)C(=O)O. The molecule has 19 heavy (non-hydrogen) atoms. The van der Waals surface area contributed by atoms with E-state index in [-0.39, 0.29) is 6.79 Å². The van der Waals surface area contributed by atoms with Crippen LogP contribution in [0.3, 0.4) is 0 Å². The Hall–Kier alpha value is -0.910. The molecular formula is C13H15ClO4S. The summed E-state index contributed by atoms with van der Waals surface area (Å²) in [6.07, 6.45) is 0. The molecule has 0 spiro atoms. The third-order valence-electron chi connectivity index (χ3n) is 2.86. The number of hydrogen-bond acceptors (Lipinski definition) is 4. The zero-order valence-corrected chi connectivity index (χ0v) is 12.3. The van der Waals surface area contributed by atoms with Gasteiger partial charge in [-0.05, 0) is 26.0 Å². The number of aliphatic carboxylic acids is 1. The minimum absolute atomic E-state index is 0.217. The van der Waals surface area contributed by atoms with Crippen molar-refractivity contribution in [1.82, 2.24) is 0 Å². The second-order valence-electron chi connectivity index (χ2n) is 4.77. The standard InChI is InChI=1S/C13H15ClO4S/c1-13(2,12(15)16)19-6-9-4-10(14)3-8-5-17-7-18-11(8)9/h3-4H,5-7H2,1-2H3,(H,15,16). The number of ether oxygens (including phenoxy) is 2. The van der Waals surface area contributed by atoms with Crippen LogP contribution in [-0.2, 0) is 21.9 Å². The Morgan fingerprint density at radius 2 is 2.26 bits per heavy atom. The van der Waals surface area contributed by atoms with Gasteiger partial charge in [-0.1, -0.05) is 11.6 Å². The van der Waals surface area contributed by atoms with Crippen LogP contribution in [0.25, 0.3) is 0 Å². The van der Waals surface area contributed by atoms with Gasteiger partial charge in [0.05, 0.1) is 6.61 Å². The third-order valence-corrected chi connectivity index (χ3v) is 4.43. The first-order valence-corrected chi connectivity index (χ1v) is 7.16. The van der Waals surface area contributed by atoms with E-state index in [9.17, 15) is 4.79 Å². The van der Waals surface area contributed by atoms with Gasteiger partial charge in [0.2, 0.25) is 0 Å². The van der Waals surface area contributed by atoms with Gasteiger partial charge < -0.3 is 14.6 Å². The van der Waals surface area contributed by atoms with Crippen molar-refractivity contribution < 1.29 is 19.4 Å². The summed E-state index contributed by atoms with van der Waals surface area (Å²) in [7, 11) is 0. The van der Waals surface area contributed by atoms with E-state index in [1.807, 2.05) is 12.1 Å². The fourth-order valence-electron chi connectivity index (χ4n) is 1.68. The molecule has 0 unspecified atom stereocenters. The molecule has 0 amide bonds. The lowest BCUT2D eigenvalue weighted by atomic mass is 10.1. The molecule has 0 atom stereocenters. The highest BCUT2D eigenvalue weighted by Crippen LogP contribution is 2.37. The summed E-state index contributed by atoms with van der Waals surface area (Å²) in [6, 6.07) is 3.63. The molecule has 0 fully saturated rings. The highest BCUT2D eigenvalue weighted by Gasteiger charge is 2.28. The smallest absolute Gasteiger partial charge is 0.319 e. The molecule has 0 saturated heterocycles. The second kappa shape index (κ2) is 5.61. The first-order chi connectivity index (χ1) is 8.90. The summed E-state index contributed by atoms with van der Waals surface area (Å²) in [5.74, 6) is 0.462. The van der Waals surface area contributed by atoms with Crippen LogP contribution in [-0.4, -0.2) is 22.6 Å². The predicted octanol–water partition coefficient (Wildman–Crippen LogP) is 3.30. The van der Waals surface area contributed by atoms with Crippen molar-refractivity contribution >= 4 is 29.3 Å². The summed E-state index contributed by atoms with van der Waals surface area (Å²) in [4.78, 5) is 11.1. The summed E-state index contributed by atoms with van der Waals surface area (Å²) in [5.41, 5.74) is 1.81. The van der Waals surface area contributed by atoms with Crippen LogP contribution in [0.2, 0.25) is 5.02 Å². The molecule has 1 aliphatic rings. The minimum Gasteiger partial charge on any atom is -0.480 e. The Bertz CT molecular complexity index is 502. The van der Waals surface area contributed by atoms with Crippen molar-refractivity contribution in [3.63, 3.8) is 0 Å². The van der Waals surface area contributed by atoms with E-state index in [0.29, 0.717) is 17.4 Å². The molecule has 0 saturated carbocycles. The van der Waals surface area contributed by atoms with Gasteiger partial charge in [0.25, 0.3) is 0 Å². The molecular weight excluding hydrogens is 288 g/mol. The van der Waals surface area contributed by atoms with Gasteiger partial charge in [-0.15, -0.1) is 11.8 Å². The molecule has 1 aromatic carbocycles. The Labute approximate surface area is 121 Å². The monoisotopic (exact) mass is 302 g/mol. The Kier molecular flexibility index (Phi) is 4.28. The van der Waals surface area contributed by atoms with Crippen molar-refractivity contribution in [3.8, 4) is 5.75 Å². The van der Waals surface area contributed by atoms with Crippen LogP contribution < -0.4 is 4.74 Å². The molecule has 0 bridgehead atoms. The summed E-state index contributed by atoms with van der Waals surface area (Å²) in [5, 5.41) is 9.72. The van der Waals surface area contributed by atoms with Crippen molar-refractivity contribution in [2.24, 2.45) is 0 Å². The van der Waals surface area contributed by atoms with E-state index in [2.05, 4.69) is 0 Å². The van der Waals surface area contributed by atoms with Crippen LogP contribution >= 0.6 is 23.4 Å². The maximum absolute atomic E-state index is 11.1. The number of benzene rings is 1. The van der Waals surface area contributed by atoms with Gasteiger partial charge in [-0.2, -0.15) is 0 Å². The highest BCUT2D eigenvalue weighted by molar-refractivity contribution is 8.00. The van der Waals surface area contributed by atoms with E-state index in [0.717, 1.165) is 16.9 Å². The van der Waals surface area contributed by atoms with Crippen molar-refractivity contribution in [1.29, 1.82) is 0 Å².